The number of carbonyl (C=O) groups is 2. The molecule has 0 aliphatic heterocycles. The normalized spacial score (nSPS) is 21.9. The van der Waals surface area contributed by atoms with E-state index in [1.165, 1.54) is 64.2 Å². The van der Waals surface area contributed by atoms with Gasteiger partial charge in [0, 0.05) is 17.7 Å². The van der Waals surface area contributed by atoms with E-state index >= 15 is 0 Å². The topological polar surface area (TPSA) is 102 Å². The number of halogens is 1. The number of unbranched alkanes of at least 4 members (excludes halogenated alkanes) is 10. The molecule has 5 atom stereocenters. The summed E-state index contributed by atoms with van der Waals surface area (Å²) < 4.78 is 16.3. The molecule has 3 rings (SSSR count). The molecule has 8 heteroatoms. The van der Waals surface area contributed by atoms with E-state index in [9.17, 15) is 19.8 Å². The zero-order chi connectivity index (χ0) is 36.7. The molecule has 0 radical (unpaired) electrons. The van der Waals surface area contributed by atoms with Crippen molar-refractivity contribution in [3.63, 3.8) is 0 Å². The summed E-state index contributed by atoms with van der Waals surface area (Å²) in [5, 5.41) is 21.2. The van der Waals surface area contributed by atoms with Gasteiger partial charge in [-0.3, -0.25) is 4.79 Å². The number of rotatable bonds is 27. The summed E-state index contributed by atoms with van der Waals surface area (Å²) >= 11 is 6.61. The Bertz CT molecular complexity index is 1160. The molecular formula is C43H67ClO7. The highest BCUT2D eigenvalue weighted by Gasteiger charge is 2.42. The second-order valence-corrected chi connectivity index (χ2v) is 15.4. The molecule has 0 aromatic heterocycles. The molecule has 0 amide bonds. The standard InChI is InChI=1S/C43H67ClO7/c1-3-5-6-7-8-9-10-11-14-17-30-49-35-26-24-34(25-27-35)42(48)51-32-31-50-41(47)23-16-13-12-15-20-36-37(39(45)33-38(36)44)21-18-22-40(46)43(4-2)28-19-29-43/h12,15,18,21,24-27,36-40,45-46H,3-11,13-14,16-17,19-20,22-23,28-33H2,1-2H3/b15-12-,21-18+/t36-,37+,38+,39-,40+/m1/s1. The first-order chi connectivity index (χ1) is 24.8. The van der Waals surface area contributed by atoms with Crippen molar-refractivity contribution >= 4 is 23.5 Å². The molecule has 2 aliphatic carbocycles. The summed E-state index contributed by atoms with van der Waals surface area (Å²) in [6, 6.07) is 6.95. The van der Waals surface area contributed by atoms with E-state index < -0.39 is 12.1 Å². The Labute approximate surface area is 313 Å². The molecule has 2 fully saturated rings. The largest absolute Gasteiger partial charge is 0.494 e. The molecule has 1 aromatic rings. The van der Waals surface area contributed by atoms with Crippen molar-refractivity contribution in [2.45, 2.75) is 160 Å². The van der Waals surface area contributed by atoms with Crippen molar-refractivity contribution in [1.82, 2.24) is 0 Å². The van der Waals surface area contributed by atoms with E-state index in [0.717, 1.165) is 44.3 Å². The summed E-state index contributed by atoms with van der Waals surface area (Å²) in [7, 11) is 0. The number of ether oxygens (including phenoxy) is 3. The number of hydrogen-bond acceptors (Lipinski definition) is 7. The van der Waals surface area contributed by atoms with Crippen molar-refractivity contribution in [3.05, 3.63) is 54.1 Å². The zero-order valence-corrected chi connectivity index (χ0v) is 32.3. The van der Waals surface area contributed by atoms with Gasteiger partial charge >= 0.3 is 11.9 Å². The molecule has 7 nitrogen and oxygen atoms in total. The number of alkyl halides is 1. The molecule has 2 N–H and O–H groups in total. The van der Waals surface area contributed by atoms with E-state index in [1.807, 2.05) is 6.08 Å². The van der Waals surface area contributed by atoms with Crippen molar-refractivity contribution in [2.24, 2.45) is 17.3 Å². The van der Waals surface area contributed by atoms with Crippen molar-refractivity contribution in [1.29, 1.82) is 0 Å². The highest BCUT2D eigenvalue weighted by atomic mass is 35.5. The second-order valence-electron chi connectivity index (χ2n) is 14.8. The van der Waals surface area contributed by atoms with Crippen LogP contribution in [0.15, 0.2) is 48.6 Å². The number of aliphatic hydroxyl groups is 2. The van der Waals surface area contributed by atoms with Crippen LogP contribution in [0.3, 0.4) is 0 Å². The Balaban J connectivity index is 1.20. The smallest absolute Gasteiger partial charge is 0.338 e. The van der Waals surface area contributed by atoms with Crippen molar-refractivity contribution in [2.75, 3.05) is 19.8 Å². The maximum atomic E-state index is 12.4. The third-order valence-corrected chi connectivity index (χ3v) is 11.6. The van der Waals surface area contributed by atoms with Gasteiger partial charge in [0.1, 0.15) is 19.0 Å². The first-order valence-corrected chi connectivity index (χ1v) is 20.6. The average Bonchev–Trinajstić information content (AvgIpc) is 3.37. The number of esters is 2. The Morgan fingerprint density at radius 2 is 1.55 bits per heavy atom. The fourth-order valence-electron chi connectivity index (χ4n) is 7.48. The third kappa shape index (κ3) is 15.7. The average molecular weight is 731 g/mol. The van der Waals surface area contributed by atoms with Gasteiger partial charge in [0.05, 0.1) is 24.4 Å². The lowest BCUT2D eigenvalue weighted by atomic mass is 9.63. The molecule has 51 heavy (non-hydrogen) atoms. The summed E-state index contributed by atoms with van der Waals surface area (Å²) in [6.45, 7) is 5.11. The number of benzene rings is 1. The number of aliphatic hydroxyl groups excluding tert-OH is 2. The SMILES string of the molecule is CCCCCCCCCCCCOc1ccc(C(=O)OCCOC(=O)CCC/C=C\C[C@@H]2[C@H](/C=C/C[C@H](O)C3(CC)CCC3)[C@H](O)C[C@@H]2Cl)cc1. The molecule has 0 unspecified atom stereocenters. The maximum absolute atomic E-state index is 12.4. The van der Waals surface area contributed by atoms with Crippen LogP contribution < -0.4 is 4.74 Å². The van der Waals surface area contributed by atoms with E-state index in [0.29, 0.717) is 31.4 Å². The van der Waals surface area contributed by atoms with Crippen LogP contribution >= 0.6 is 11.6 Å². The Morgan fingerprint density at radius 3 is 2.20 bits per heavy atom. The predicted octanol–water partition coefficient (Wildman–Crippen LogP) is 10.3. The molecule has 0 bridgehead atoms. The first kappa shape index (κ1) is 43.1. The van der Waals surface area contributed by atoms with Gasteiger partial charge in [-0.15, -0.1) is 11.6 Å². The fourth-order valence-corrected chi connectivity index (χ4v) is 7.93. The van der Waals surface area contributed by atoms with Crippen LogP contribution in [0, 0.1) is 17.3 Å². The molecule has 1 aromatic carbocycles. The second kappa shape index (κ2) is 24.8. The monoisotopic (exact) mass is 730 g/mol. The molecule has 2 aliphatic rings. The lowest BCUT2D eigenvalue weighted by Crippen LogP contribution is -2.40. The van der Waals surface area contributed by atoms with Gasteiger partial charge < -0.3 is 24.4 Å². The van der Waals surface area contributed by atoms with Gasteiger partial charge in [0.2, 0.25) is 0 Å². The van der Waals surface area contributed by atoms with Gasteiger partial charge in [0.15, 0.2) is 0 Å². The van der Waals surface area contributed by atoms with E-state index in [2.05, 4.69) is 32.1 Å². The summed E-state index contributed by atoms with van der Waals surface area (Å²) in [5.74, 6) is 0.0740. The molecule has 0 spiro atoms. The van der Waals surface area contributed by atoms with Crippen LogP contribution in [0.5, 0.6) is 5.75 Å². The van der Waals surface area contributed by atoms with Crippen LogP contribution in [0.4, 0.5) is 0 Å². The minimum atomic E-state index is -0.471. The van der Waals surface area contributed by atoms with Crippen LogP contribution in [-0.4, -0.2) is 59.6 Å². The van der Waals surface area contributed by atoms with E-state index in [4.69, 9.17) is 25.8 Å². The van der Waals surface area contributed by atoms with Gasteiger partial charge in [-0.05, 0) is 93.4 Å². The third-order valence-electron chi connectivity index (χ3n) is 11.1. The summed E-state index contributed by atoms with van der Waals surface area (Å²) in [4.78, 5) is 24.5. The van der Waals surface area contributed by atoms with Crippen LogP contribution in [0.2, 0.25) is 0 Å². The van der Waals surface area contributed by atoms with Gasteiger partial charge in [-0.1, -0.05) is 102 Å². The number of carbonyl (C=O) groups excluding carboxylic acids is 2. The Hall–Kier alpha value is -2.35. The van der Waals surface area contributed by atoms with Gasteiger partial charge in [0.25, 0.3) is 0 Å². The molecule has 0 heterocycles. The highest BCUT2D eigenvalue weighted by Crippen LogP contribution is 2.48. The summed E-state index contributed by atoms with van der Waals surface area (Å²) in [5.41, 5.74) is 0.506. The van der Waals surface area contributed by atoms with Gasteiger partial charge in [-0.25, -0.2) is 4.79 Å². The highest BCUT2D eigenvalue weighted by molar-refractivity contribution is 6.21. The predicted molar refractivity (Wildman–Crippen MR) is 206 cm³/mol. The van der Waals surface area contributed by atoms with E-state index in [-0.39, 0.29) is 54.3 Å². The Morgan fingerprint density at radius 1 is 0.882 bits per heavy atom. The summed E-state index contributed by atoms with van der Waals surface area (Å²) in [6.07, 6.45) is 28.3. The zero-order valence-electron chi connectivity index (χ0n) is 31.6. The Kier molecular flexibility index (Phi) is 20.9. The van der Waals surface area contributed by atoms with Crippen molar-refractivity contribution < 1.29 is 34.0 Å². The quantitative estimate of drug-likeness (QED) is 0.0402. The molecule has 2 saturated carbocycles. The fraction of sp³-hybridized carbons (Fsp3) is 0.721. The number of allylic oxidation sites excluding steroid dienone is 2. The maximum Gasteiger partial charge on any atom is 0.338 e. The minimum absolute atomic E-state index is 0.00233. The van der Waals surface area contributed by atoms with Gasteiger partial charge in [-0.2, -0.15) is 0 Å². The first-order valence-electron chi connectivity index (χ1n) is 20.2. The number of hydrogen-bond donors (Lipinski definition) is 2. The lowest BCUT2D eigenvalue weighted by molar-refractivity contribution is -0.144. The van der Waals surface area contributed by atoms with Crippen LogP contribution in [-0.2, 0) is 14.3 Å². The van der Waals surface area contributed by atoms with Crippen molar-refractivity contribution in [3.8, 4) is 5.75 Å². The molecule has 288 valence electrons. The lowest BCUT2D eigenvalue weighted by Gasteiger charge is -2.45. The van der Waals surface area contributed by atoms with Crippen LogP contribution in [0.1, 0.15) is 153 Å². The minimum Gasteiger partial charge on any atom is -0.494 e. The molecular weight excluding hydrogens is 664 g/mol. The molecule has 0 saturated heterocycles. The van der Waals surface area contributed by atoms with Crippen LogP contribution in [0.25, 0.3) is 0 Å². The van der Waals surface area contributed by atoms with E-state index in [1.54, 1.807) is 24.3 Å².